The molecule has 4 N–H and O–H groups in total. The summed E-state index contributed by atoms with van der Waals surface area (Å²) in [5, 5.41) is 5.54. The second-order valence-corrected chi connectivity index (χ2v) is 10.8. The van der Waals surface area contributed by atoms with Crippen molar-refractivity contribution in [2.24, 2.45) is 0 Å². The highest BCUT2D eigenvalue weighted by Gasteiger charge is 2.34. The molecule has 2 amide bonds. The fourth-order valence-corrected chi connectivity index (χ4v) is 3.19. The van der Waals surface area contributed by atoms with Gasteiger partial charge < -0.3 is 25.8 Å². The first-order chi connectivity index (χ1) is 18.8. The van der Waals surface area contributed by atoms with Crippen LogP contribution in [-0.2, 0) is 15.7 Å². The fraction of sp³-hybridized carbons (Fsp3) is 0.333. The van der Waals surface area contributed by atoms with Crippen molar-refractivity contribution in [1.29, 1.82) is 0 Å². The summed E-state index contributed by atoms with van der Waals surface area (Å²) in [6.07, 6.45) is -6.78. The number of rotatable bonds is 5. The number of hydrogen-bond acceptors (Lipinski definition) is 9. The van der Waals surface area contributed by atoms with E-state index in [0.29, 0.717) is 4.90 Å². The van der Waals surface area contributed by atoms with E-state index in [2.05, 4.69) is 20.6 Å². The van der Waals surface area contributed by atoms with E-state index in [1.54, 1.807) is 41.5 Å². The molecular weight excluding hydrogens is 548 g/mol. The van der Waals surface area contributed by atoms with Crippen LogP contribution >= 0.6 is 0 Å². The number of aromatic nitrogens is 2. The number of halogens is 4. The summed E-state index contributed by atoms with van der Waals surface area (Å²) in [5.41, 5.74) is 3.44. The summed E-state index contributed by atoms with van der Waals surface area (Å²) in [6.45, 7) is 9.56. The maximum absolute atomic E-state index is 13.9. The number of benzene rings is 2. The maximum Gasteiger partial charge on any atom is 0.425 e. The lowest BCUT2D eigenvalue weighted by Gasteiger charge is -2.28. The number of carbonyl (C=O) groups is 2. The molecule has 0 spiro atoms. The Kier molecular flexibility index (Phi) is 8.65. The van der Waals surface area contributed by atoms with Gasteiger partial charge in [0.15, 0.2) is 5.82 Å². The monoisotopic (exact) mass is 578 g/mol. The lowest BCUT2D eigenvalue weighted by molar-refractivity contribution is -0.137. The molecule has 0 radical (unpaired) electrons. The van der Waals surface area contributed by atoms with Crippen LogP contribution in [0.1, 0.15) is 47.1 Å². The number of nitrogens with zero attached hydrogens (tertiary/aromatic N) is 3. The smallest absolute Gasteiger partial charge is 0.425 e. The zero-order valence-corrected chi connectivity index (χ0v) is 23.2. The summed E-state index contributed by atoms with van der Waals surface area (Å²) >= 11 is 0. The summed E-state index contributed by atoms with van der Waals surface area (Å²) in [5.74, 6) is -1.24. The molecule has 10 nitrogen and oxygen atoms in total. The van der Waals surface area contributed by atoms with Gasteiger partial charge in [-0.2, -0.15) is 28.0 Å². The largest absolute Gasteiger partial charge is 0.443 e. The molecule has 1 aromatic heterocycles. The zero-order valence-electron chi connectivity index (χ0n) is 23.2. The van der Waals surface area contributed by atoms with Gasteiger partial charge in [0.1, 0.15) is 22.8 Å². The van der Waals surface area contributed by atoms with Gasteiger partial charge in [-0.1, -0.05) is 0 Å². The Bertz CT molecular complexity index is 1390. The van der Waals surface area contributed by atoms with E-state index in [-0.39, 0.29) is 34.6 Å². The first-order valence-corrected chi connectivity index (χ1v) is 12.2. The molecule has 0 aliphatic carbocycles. The quantitative estimate of drug-likeness (QED) is 0.210. The molecule has 220 valence electrons. The molecule has 0 saturated carbocycles. The topological polar surface area (TPSA) is 132 Å². The third-order valence-corrected chi connectivity index (χ3v) is 4.84. The minimum Gasteiger partial charge on any atom is -0.443 e. The van der Waals surface area contributed by atoms with Gasteiger partial charge in [0.25, 0.3) is 0 Å². The number of amides is 2. The summed E-state index contributed by atoms with van der Waals surface area (Å²) in [6, 6.07) is 8.77. The van der Waals surface area contributed by atoms with Crippen molar-refractivity contribution in [2.75, 3.05) is 21.3 Å². The van der Waals surface area contributed by atoms with Gasteiger partial charge in [-0.25, -0.2) is 14.0 Å². The van der Waals surface area contributed by atoms with Gasteiger partial charge in [-0.3, -0.25) is 0 Å². The van der Waals surface area contributed by atoms with E-state index in [4.69, 9.17) is 15.2 Å². The average Bonchev–Trinajstić information content (AvgIpc) is 2.79. The Hall–Kier alpha value is -4.62. The van der Waals surface area contributed by atoms with E-state index in [9.17, 15) is 27.2 Å². The molecule has 0 saturated heterocycles. The lowest BCUT2D eigenvalue weighted by atomic mass is 10.2. The van der Waals surface area contributed by atoms with Crippen molar-refractivity contribution in [3.8, 4) is 0 Å². The molecule has 0 aliphatic rings. The predicted octanol–water partition coefficient (Wildman–Crippen LogP) is 7.38. The van der Waals surface area contributed by atoms with E-state index in [0.717, 1.165) is 24.3 Å². The van der Waals surface area contributed by atoms with E-state index < -0.39 is 40.9 Å². The van der Waals surface area contributed by atoms with Gasteiger partial charge in [-0.05, 0) is 84.0 Å². The SMILES string of the molecule is CC(C)(C)OC(=O)N(C(=O)OC(C)(C)C)c1cc(Nc2ccc(C(F)(F)F)cc2)nc(Nc2cc(F)ccc2N)n1. The minimum absolute atomic E-state index is 0.0515. The molecule has 2 aromatic carbocycles. The highest BCUT2D eigenvalue weighted by molar-refractivity contribution is 6.09. The molecule has 41 heavy (non-hydrogen) atoms. The summed E-state index contributed by atoms with van der Waals surface area (Å²) in [4.78, 5) is 35.4. The van der Waals surface area contributed by atoms with Gasteiger partial charge in [0, 0.05) is 11.8 Å². The number of nitrogen functional groups attached to an aromatic ring is 1. The highest BCUT2D eigenvalue weighted by atomic mass is 19.4. The third-order valence-electron chi connectivity index (χ3n) is 4.84. The normalized spacial score (nSPS) is 12.0. The minimum atomic E-state index is -4.54. The van der Waals surface area contributed by atoms with Crippen LogP contribution in [0, 0.1) is 5.82 Å². The molecule has 14 heteroatoms. The molecule has 0 aliphatic heterocycles. The first-order valence-electron chi connectivity index (χ1n) is 12.2. The molecule has 0 unspecified atom stereocenters. The second-order valence-electron chi connectivity index (χ2n) is 10.8. The fourth-order valence-electron chi connectivity index (χ4n) is 3.19. The average molecular weight is 579 g/mol. The molecule has 0 atom stereocenters. The van der Waals surface area contributed by atoms with E-state index in [1.165, 1.54) is 24.3 Å². The van der Waals surface area contributed by atoms with Crippen molar-refractivity contribution in [3.63, 3.8) is 0 Å². The molecule has 1 heterocycles. The van der Waals surface area contributed by atoms with Gasteiger partial charge in [0.2, 0.25) is 5.95 Å². The number of nitrogens with two attached hydrogens (primary N) is 1. The third kappa shape index (κ3) is 8.95. The second kappa shape index (κ2) is 11.5. The van der Waals surface area contributed by atoms with Gasteiger partial charge in [0.05, 0.1) is 16.9 Å². The first kappa shape index (κ1) is 30.9. The van der Waals surface area contributed by atoms with Crippen LogP contribution in [-0.4, -0.2) is 33.4 Å². The van der Waals surface area contributed by atoms with Crippen molar-refractivity contribution < 1.29 is 36.6 Å². The molecule has 3 rings (SSSR count). The lowest BCUT2D eigenvalue weighted by Crippen LogP contribution is -2.44. The van der Waals surface area contributed by atoms with Gasteiger partial charge in [-0.15, -0.1) is 0 Å². The number of imide groups is 1. The number of hydrogen-bond donors (Lipinski definition) is 3. The Labute approximate surface area is 233 Å². The van der Waals surface area contributed by atoms with Crippen LogP contribution in [0.3, 0.4) is 0 Å². The molecule has 3 aromatic rings. The van der Waals surface area contributed by atoms with Crippen LogP contribution < -0.4 is 21.3 Å². The molecule has 0 fully saturated rings. The Balaban J connectivity index is 2.12. The van der Waals surface area contributed by atoms with Crippen LogP contribution in [0.25, 0.3) is 0 Å². The Morgan fingerprint density at radius 2 is 1.39 bits per heavy atom. The Morgan fingerprint density at radius 3 is 1.90 bits per heavy atom. The molecular formula is C27H30F4N6O4. The number of carbonyl (C=O) groups excluding carboxylic acids is 2. The van der Waals surface area contributed by atoms with E-state index in [1.807, 2.05) is 0 Å². The standard InChI is InChI=1S/C27H30F4N6O4/c1-25(2,3)40-23(38)37(24(39)41-26(4,5)6)21-14-20(33-17-10-7-15(8-11-17)27(29,30)31)35-22(36-21)34-19-13-16(28)9-12-18(19)32/h7-14H,32H2,1-6H3,(H2,33,34,35,36). The maximum atomic E-state index is 13.9. The number of anilines is 6. The van der Waals surface area contributed by atoms with Crippen LogP contribution in [0.4, 0.5) is 61.8 Å². The highest BCUT2D eigenvalue weighted by Crippen LogP contribution is 2.32. The Morgan fingerprint density at radius 1 is 0.829 bits per heavy atom. The van der Waals surface area contributed by atoms with Crippen LogP contribution in [0.2, 0.25) is 0 Å². The van der Waals surface area contributed by atoms with Gasteiger partial charge >= 0.3 is 18.4 Å². The zero-order chi connectivity index (χ0) is 30.8. The van der Waals surface area contributed by atoms with Crippen molar-refractivity contribution in [1.82, 2.24) is 9.97 Å². The number of nitrogens with one attached hydrogen (secondary N) is 2. The number of ether oxygens (including phenoxy) is 2. The van der Waals surface area contributed by atoms with Crippen LogP contribution in [0.5, 0.6) is 0 Å². The predicted molar refractivity (Wildman–Crippen MR) is 146 cm³/mol. The van der Waals surface area contributed by atoms with Crippen LogP contribution in [0.15, 0.2) is 48.5 Å². The van der Waals surface area contributed by atoms with E-state index >= 15 is 0 Å². The van der Waals surface area contributed by atoms with Crippen molar-refractivity contribution >= 4 is 46.8 Å². The van der Waals surface area contributed by atoms with Crippen molar-refractivity contribution in [2.45, 2.75) is 58.9 Å². The van der Waals surface area contributed by atoms with Crippen molar-refractivity contribution in [3.05, 3.63) is 59.9 Å². The number of alkyl halides is 3. The summed E-state index contributed by atoms with van der Waals surface area (Å²) in [7, 11) is 0. The molecule has 0 bridgehead atoms. The summed E-state index contributed by atoms with van der Waals surface area (Å²) < 4.78 is 63.7.